The number of benzene rings is 1. The van der Waals surface area contributed by atoms with Gasteiger partial charge in [-0.15, -0.1) is 0 Å². The van der Waals surface area contributed by atoms with Crippen molar-refractivity contribution in [2.45, 2.75) is 38.3 Å². The van der Waals surface area contributed by atoms with Crippen LogP contribution in [0.25, 0.3) is 0 Å². The van der Waals surface area contributed by atoms with E-state index in [1.807, 2.05) is 6.92 Å². The van der Waals surface area contributed by atoms with E-state index in [9.17, 15) is 8.42 Å². The molecule has 0 saturated heterocycles. The molecule has 0 atom stereocenters. The number of hydrogen-bond acceptors (Lipinski definition) is 5. The molecule has 0 aliphatic heterocycles. The molecule has 0 saturated carbocycles. The Morgan fingerprint density at radius 3 is 2.67 bits per heavy atom. The molecule has 0 fully saturated rings. The first-order chi connectivity index (χ1) is 9.96. The van der Waals surface area contributed by atoms with Crippen molar-refractivity contribution >= 4 is 10.0 Å². The van der Waals surface area contributed by atoms with Gasteiger partial charge in [-0.2, -0.15) is 0 Å². The maximum Gasteiger partial charge on any atom is 0.241 e. The lowest BCUT2D eigenvalue weighted by molar-refractivity contribution is 0.463. The van der Waals surface area contributed by atoms with Crippen LogP contribution in [0.2, 0.25) is 0 Å². The number of hydrogen-bond donors (Lipinski definition) is 2. The van der Waals surface area contributed by atoms with Gasteiger partial charge in [0.2, 0.25) is 15.9 Å². The van der Waals surface area contributed by atoms with Crippen molar-refractivity contribution in [1.29, 1.82) is 0 Å². The maximum absolute atomic E-state index is 12.3. The zero-order valence-corrected chi connectivity index (χ0v) is 12.9. The second kappa shape index (κ2) is 6.38. The van der Waals surface area contributed by atoms with Gasteiger partial charge in [0.15, 0.2) is 0 Å². The highest BCUT2D eigenvalue weighted by atomic mass is 32.2. The van der Waals surface area contributed by atoms with Crippen molar-refractivity contribution in [3.05, 3.63) is 47.2 Å². The first-order valence-electron chi connectivity index (χ1n) is 6.69. The summed E-state index contributed by atoms with van der Waals surface area (Å²) in [5.74, 6) is 0.974. The van der Waals surface area contributed by atoms with Crippen LogP contribution in [-0.4, -0.2) is 13.4 Å². The molecule has 0 bridgehead atoms. The Morgan fingerprint density at radius 1 is 1.33 bits per heavy atom. The van der Waals surface area contributed by atoms with E-state index in [1.165, 1.54) is 0 Å². The van der Waals surface area contributed by atoms with Crippen molar-refractivity contribution in [1.82, 2.24) is 9.71 Å². The minimum atomic E-state index is -3.61. The summed E-state index contributed by atoms with van der Waals surface area (Å²) in [6.07, 6.45) is 2.36. The summed E-state index contributed by atoms with van der Waals surface area (Å²) in [6, 6.07) is 5.00. The molecular formula is C14H19N3O3S. The summed E-state index contributed by atoms with van der Waals surface area (Å²) in [7, 11) is -3.61. The average molecular weight is 309 g/mol. The summed E-state index contributed by atoms with van der Waals surface area (Å²) in [5.41, 5.74) is 7.56. The minimum Gasteiger partial charge on any atom is -0.445 e. The standard InChI is InChI=1S/C14H19N3O3S/c1-3-11-4-5-13(6-12(11)7-15)21(18,19)17-9-14-16-8-10(2)20-14/h4-6,8,17H,3,7,9,15H2,1-2H3. The molecule has 1 aromatic carbocycles. The molecule has 0 radical (unpaired) electrons. The number of aryl methyl sites for hydroxylation is 2. The van der Waals surface area contributed by atoms with E-state index in [4.69, 9.17) is 10.2 Å². The monoisotopic (exact) mass is 309 g/mol. The Balaban J connectivity index is 2.19. The molecule has 7 heteroatoms. The van der Waals surface area contributed by atoms with Gasteiger partial charge in [-0.25, -0.2) is 18.1 Å². The van der Waals surface area contributed by atoms with E-state index in [2.05, 4.69) is 9.71 Å². The molecule has 0 amide bonds. The Morgan fingerprint density at radius 2 is 2.10 bits per heavy atom. The normalized spacial score (nSPS) is 11.8. The Hall–Kier alpha value is -1.70. The highest BCUT2D eigenvalue weighted by molar-refractivity contribution is 7.89. The molecule has 1 heterocycles. The van der Waals surface area contributed by atoms with Crippen LogP contribution in [0.5, 0.6) is 0 Å². The van der Waals surface area contributed by atoms with E-state index in [-0.39, 0.29) is 11.4 Å². The van der Waals surface area contributed by atoms with Crippen LogP contribution >= 0.6 is 0 Å². The van der Waals surface area contributed by atoms with Crippen LogP contribution < -0.4 is 10.5 Å². The predicted octanol–water partition coefficient (Wildman–Crippen LogP) is 1.48. The molecular weight excluding hydrogens is 290 g/mol. The average Bonchev–Trinajstić information content (AvgIpc) is 2.90. The lowest BCUT2D eigenvalue weighted by atomic mass is 10.1. The summed E-state index contributed by atoms with van der Waals surface area (Å²) < 4.78 is 32.2. The van der Waals surface area contributed by atoms with Gasteiger partial charge in [-0.05, 0) is 36.6 Å². The Labute approximate surface area is 124 Å². The van der Waals surface area contributed by atoms with Gasteiger partial charge in [0.05, 0.1) is 17.6 Å². The Kier molecular flexibility index (Phi) is 4.76. The van der Waals surface area contributed by atoms with Crippen LogP contribution in [0.3, 0.4) is 0 Å². The van der Waals surface area contributed by atoms with E-state index < -0.39 is 10.0 Å². The van der Waals surface area contributed by atoms with E-state index in [0.717, 1.165) is 17.5 Å². The molecule has 6 nitrogen and oxygen atoms in total. The van der Waals surface area contributed by atoms with Crippen LogP contribution in [0.15, 0.2) is 33.7 Å². The van der Waals surface area contributed by atoms with E-state index in [0.29, 0.717) is 18.2 Å². The van der Waals surface area contributed by atoms with Gasteiger partial charge in [0.1, 0.15) is 5.76 Å². The lowest BCUT2D eigenvalue weighted by Gasteiger charge is -2.10. The molecule has 1 aromatic heterocycles. The summed E-state index contributed by atoms with van der Waals surface area (Å²) in [4.78, 5) is 4.16. The van der Waals surface area contributed by atoms with Crippen molar-refractivity contribution < 1.29 is 12.8 Å². The largest absolute Gasteiger partial charge is 0.445 e. The van der Waals surface area contributed by atoms with Gasteiger partial charge in [0.25, 0.3) is 0 Å². The molecule has 3 N–H and O–H groups in total. The summed E-state index contributed by atoms with van der Waals surface area (Å²) >= 11 is 0. The zero-order chi connectivity index (χ0) is 15.5. The third-order valence-electron chi connectivity index (χ3n) is 3.17. The van der Waals surface area contributed by atoms with Gasteiger partial charge >= 0.3 is 0 Å². The Bertz CT molecular complexity index is 723. The van der Waals surface area contributed by atoms with E-state index in [1.54, 1.807) is 31.3 Å². The molecule has 0 aliphatic carbocycles. The molecule has 114 valence electrons. The highest BCUT2D eigenvalue weighted by Crippen LogP contribution is 2.17. The quantitative estimate of drug-likeness (QED) is 0.842. The highest BCUT2D eigenvalue weighted by Gasteiger charge is 2.16. The van der Waals surface area contributed by atoms with Gasteiger partial charge < -0.3 is 10.2 Å². The number of sulfonamides is 1. The van der Waals surface area contributed by atoms with Crippen molar-refractivity contribution in [2.75, 3.05) is 0 Å². The first-order valence-corrected chi connectivity index (χ1v) is 8.17. The van der Waals surface area contributed by atoms with Crippen LogP contribution in [-0.2, 0) is 29.5 Å². The summed E-state index contributed by atoms with van der Waals surface area (Å²) in [5, 5.41) is 0. The number of rotatable bonds is 6. The second-order valence-electron chi connectivity index (χ2n) is 4.68. The van der Waals surface area contributed by atoms with Gasteiger partial charge in [-0.1, -0.05) is 13.0 Å². The number of oxazole rings is 1. The minimum absolute atomic E-state index is 0.0175. The SMILES string of the molecule is CCc1ccc(S(=O)(=O)NCc2ncc(C)o2)cc1CN. The third kappa shape index (κ3) is 3.69. The van der Waals surface area contributed by atoms with E-state index >= 15 is 0 Å². The van der Waals surface area contributed by atoms with Crippen LogP contribution in [0.4, 0.5) is 0 Å². The van der Waals surface area contributed by atoms with Crippen LogP contribution in [0.1, 0.15) is 29.7 Å². The zero-order valence-electron chi connectivity index (χ0n) is 12.1. The number of nitrogens with two attached hydrogens (primary N) is 1. The van der Waals surface area contributed by atoms with Gasteiger partial charge in [-0.3, -0.25) is 0 Å². The summed E-state index contributed by atoms with van der Waals surface area (Å²) in [6.45, 7) is 4.09. The maximum atomic E-state index is 12.3. The smallest absolute Gasteiger partial charge is 0.241 e. The van der Waals surface area contributed by atoms with Crippen molar-refractivity contribution in [2.24, 2.45) is 5.73 Å². The molecule has 2 rings (SSSR count). The number of nitrogens with zero attached hydrogens (tertiary/aromatic N) is 1. The topological polar surface area (TPSA) is 98.2 Å². The van der Waals surface area contributed by atoms with Crippen LogP contribution in [0, 0.1) is 6.92 Å². The molecule has 21 heavy (non-hydrogen) atoms. The third-order valence-corrected chi connectivity index (χ3v) is 4.57. The van der Waals surface area contributed by atoms with Crippen molar-refractivity contribution in [3.63, 3.8) is 0 Å². The molecule has 0 aliphatic rings. The first kappa shape index (κ1) is 15.7. The predicted molar refractivity (Wildman–Crippen MR) is 79.0 cm³/mol. The fraction of sp³-hybridized carbons (Fsp3) is 0.357. The molecule has 0 spiro atoms. The fourth-order valence-corrected chi connectivity index (χ4v) is 3.05. The molecule has 0 unspecified atom stereocenters. The fourth-order valence-electron chi connectivity index (χ4n) is 2.03. The second-order valence-corrected chi connectivity index (χ2v) is 6.44. The van der Waals surface area contributed by atoms with Crippen molar-refractivity contribution in [3.8, 4) is 0 Å². The number of nitrogens with one attached hydrogen (secondary N) is 1. The lowest BCUT2D eigenvalue weighted by Crippen LogP contribution is -2.23. The number of aromatic nitrogens is 1. The van der Waals surface area contributed by atoms with Gasteiger partial charge in [0, 0.05) is 6.54 Å². The molecule has 2 aromatic rings.